The Balaban J connectivity index is 2.38. The van der Waals surface area contributed by atoms with Crippen molar-refractivity contribution >= 4 is 34.7 Å². The summed E-state index contributed by atoms with van der Waals surface area (Å²) in [7, 11) is 0. The summed E-state index contributed by atoms with van der Waals surface area (Å²) in [5.74, 6) is 0.0924. The van der Waals surface area contributed by atoms with Crippen molar-refractivity contribution in [1.82, 2.24) is 0 Å². The van der Waals surface area contributed by atoms with Crippen molar-refractivity contribution in [1.29, 1.82) is 5.41 Å². The zero-order chi connectivity index (χ0) is 15.6. The van der Waals surface area contributed by atoms with Gasteiger partial charge >= 0.3 is 5.69 Å². The van der Waals surface area contributed by atoms with Crippen LogP contribution in [0.1, 0.15) is 5.56 Å². The summed E-state index contributed by atoms with van der Waals surface area (Å²) in [6.45, 7) is 0. The van der Waals surface area contributed by atoms with E-state index in [1.807, 2.05) is 0 Å². The molecule has 0 radical (unpaired) electrons. The SMILES string of the molecule is N=C(N)c1ccc(Oc2cc(Cl)ccc2[N+](=O)[O-])cc1Cl. The molecule has 3 N–H and O–H groups in total. The summed E-state index contributed by atoms with van der Waals surface area (Å²) in [5.41, 5.74) is 5.49. The predicted octanol–water partition coefficient (Wildman–Crippen LogP) is 3.98. The average Bonchev–Trinajstić information content (AvgIpc) is 2.37. The van der Waals surface area contributed by atoms with E-state index < -0.39 is 4.92 Å². The van der Waals surface area contributed by atoms with Gasteiger partial charge in [-0.1, -0.05) is 23.2 Å². The zero-order valence-electron chi connectivity index (χ0n) is 10.5. The molecule has 2 aromatic carbocycles. The Morgan fingerprint density at radius 3 is 2.52 bits per heavy atom. The Morgan fingerprint density at radius 1 is 1.24 bits per heavy atom. The highest BCUT2D eigenvalue weighted by molar-refractivity contribution is 6.34. The summed E-state index contributed by atoms with van der Waals surface area (Å²) in [6.07, 6.45) is 0. The fourth-order valence-electron chi connectivity index (χ4n) is 1.63. The van der Waals surface area contributed by atoms with E-state index in [1.54, 1.807) is 0 Å². The topological polar surface area (TPSA) is 102 Å². The first-order valence-corrected chi connectivity index (χ1v) is 6.40. The van der Waals surface area contributed by atoms with Crippen LogP contribution in [0.2, 0.25) is 10.0 Å². The number of hydrogen-bond acceptors (Lipinski definition) is 4. The summed E-state index contributed by atoms with van der Waals surface area (Å²) in [6, 6.07) is 8.42. The molecule has 0 spiro atoms. The summed E-state index contributed by atoms with van der Waals surface area (Å²) in [4.78, 5) is 10.4. The molecule has 0 saturated heterocycles. The van der Waals surface area contributed by atoms with Gasteiger partial charge in [0.1, 0.15) is 11.6 Å². The highest BCUT2D eigenvalue weighted by Gasteiger charge is 2.16. The van der Waals surface area contributed by atoms with Crippen LogP contribution in [0, 0.1) is 15.5 Å². The van der Waals surface area contributed by atoms with E-state index in [4.69, 9.17) is 39.1 Å². The van der Waals surface area contributed by atoms with Crippen molar-refractivity contribution in [2.75, 3.05) is 0 Å². The highest BCUT2D eigenvalue weighted by atomic mass is 35.5. The van der Waals surface area contributed by atoms with Crippen LogP contribution < -0.4 is 10.5 Å². The molecular formula is C13H9Cl2N3O3. The number of amidine groups is 1. The molecule has 0 atom stereocenters. The van der Waals surface area contributed by atoms with Gasteiger partial charge in [-0.15, -0.1) is 0 Å². The molecule has 0 bridgehead atoms. The molecule has 8 heteroatoms. The molecule has 21 heavy (non-hydrogen) atoms. The van der Waals surface area contributed by atoms with Gasteiger partial charge in [0.2, 0.25) is 5.75 Å². The van der Waals surface area contributed by atoms with Crippen molar-refractivity contribution in [2.24, 2.45) is 5.73 Å². The van der Waals surface area contributed by atoms with Gasteiger partial charge in [0.25, 0.3) is 0 Å². The number of ether oxygens (including phenoxy) is 1. The standard InChI is InChI=1S/C13H9Cl2N3O3/c14-7-1-4-11(18(19)20)12(5-7)21-8-2-3-9(13(16)17)10(15)6-8/h1-6H,(H3,16,17). The Hall–Kier alpha value is -2.31. The second-order valence-corrected chi connectivity index (χ2v) is 4.87. The number of nitrogens with zero attached hydrogens (tertiary/aromatic N) is 1. The summed E-state index contributed by atoms with van der Waals surface area (Å²) in [5, 5.41) is 18.8. The quantitative estimate of drug-likeness (QED) is 0.384. The molecule has 0 amide bonds. The van der Waals surface area contributed by atoms with Crippen LogP contribution in [0.5, 0.6) is 11.5 Å². The number of halogens is 2. The van der Waals surface area contributed by atoms with Crippen molar-refractivity contribution in [3.05, 3.63) is 62.1 Å². The van der Waals surface area contributed by atoms with Gasteiger partial charge < -0.3 is 10.5 Å². The van der Waals surface area contributed by atoms with Crippen LogP contribution >= 0.6 is 23.2 Å². The number of nitro benzene ring substituents is 1. The molecule has 0 fully saturated rings. The Labute approximate surface area is 129 Å². The molecule has 0 saturated carbocycles. The maximum atomic E-state index is 10.9. The third kappa shape index (κ3) is 3.42. The number of nitrogens with one attached hydrogen (secondary N) is 1. The van der Waals surface area contributed by atoms with E-state index >= 15 is 0 Å². The van der Waals surface area contributed by atoms with Gasteiger partial charge in [0.05, 0.1) is 9.95 Å². The van der Waals surface area contributed by atoms with Crippen LogP contribution in [-0.4, -0.2) is 10.8 Å². The Kier molecular flexibility index (Phi) is 4.30. The fraction of sp³-hybridized carbons (Fsp3) is 0. The lowest BCUT2D eigenvalue weighted by Crippen LogP contribution is -2.11. The third-order valence-corrected chi connectivity index (χ3v) is 3.12. The molecule has 0 aliphatic heterocycles. The van der Waals surface area contributed by atoms with Gasteiger partial charge in [-0.2, -0.15) is 0 Å². The van der Waals surface area contributed by atoms with Crippen LogP contribution in [0.4, 0.5) is 5.69 Å². The number of nitrogens with two attached hydrogens (primary N) is 1. The van der Waals surface area contributed by atoms with Gasteiger partial charge in [0.15, 0.2) is 0 Å². The van der Waals surface area contributed by atoms with Crippen molar-refractivity contribution in [2.45, 2.75) is 0 Å². The second kappa shape index (κ2) is 5.99. The van der Waals surface area contributed by atoms with Gasteiger partial charge in [0, 0.05) is 28.8 Å². The number of rotatable bonds is 4. The molecule has 2 rings (SSSR count). The Bertz CT molecular complexity index is 735. The second-order valence-electron chi connectivity index (χ2n) is 4.03. The smallest absolute Gasteiger partial charge is 0.311 e. The van der Waals surface area contributed by atoms with Crippen molar-refractivity contribution in [3.8, 4) is 11.5 Å². The van der Waals surface area contributed by atoms with E-state index in [1.165, 1.54) is 36.4 Å². The van der Waals surface area contributed by atoms with Crippen LogP contribution in [-0.2, 0) is 0 Å². The van der Waals surface area contributed by atoms with Crippen molar-refractivity contribution < 1.29 is 9.66 Å². The highest BCUT2D eigenvalue weighted by Crippen LogP contribution is 2.34. The number of nitro groups is 1. The molecule has 108 valence electrons. The van der Waals surface area contributed by atoms with Gasteiger partial charge in [-0.25, -0.2) is 0 Å². The maximum absolute atomic E-state index is 10.9. The summed E-state index contributed by atoms with van der Waals surface area (Å²) < 4.78 is 5.45. The molecule has 0 aliphatic rings. The zero-order valence-corrected chi connectivity index (χ0v) is 12.0. The largest absolute Gasteiger partial charge is 0.450 e. The third-order valence-electron chi connectivity index (χ3n) is 2.58. The molecule has 0 aliphatic carbocycles. The van der Waals surface area contributed by atoms with Gasteiger partial charge in [-0.05, 0) is 18.2 Å². The van der Waals surface area contributed by atoms with Crippen LogP contribution in [0.15, 0.2) is 36.4 Å². The van der Waals surface area contributed by atoms with Crippen LogP contribution in [0.3, 0.4) is 0 Å². The van der Waals surface area contributed by atoms with Crippen LogP contribution in [0.25, 0.3) is 0 Å². The lowest BCUT2D eigenvalue weighted by atomic mass is 10.2. The van der Waals surface area contributed by atoms with E-state index in [2.05, 4.69) is 0 Å². The number of nitrogen functional groups attached to an aromatic ring is 1. The lowest BCUT2D eigenvalue weighted by molar-refractivity contribution is -0.385. The molecule has 6 nitrogen and oxygen atoms in total. The molecule has 0 unspecified atom stereocenters. The fourth-order valence-corrected chi connectivity index (χ4v) is 2.06. The average molecular weight is 326 g/mol. The monoisotopic (exact) mass is 325 g/mol. The molecule has 2 aromatic rings. The van der Waals surface area contributed by atoms with Crippen molar-refractivity contribution in [3.63, 3.8) is 0 Å². The first kappa shape index (κ1) is 15.1. The molecule has 0 aromatic heterocycles. The summed E-state index contributed by atoms with van der Waals surface area (Å²) >= 11 is 11.8. The number of hydrogen-bond donors (Lipinski definition) is 2. The maximum Gasteiger partial charge on any atom is 0.311 e. The lowest BCUT2D eigenvalue weighted by Gasteiger charge is -2.09. The van der Waals surface area contributed by atoms with Gasteiger partial charge in [-0.3, -0.25) is 15.5 Å². The van der Waals surface area contributed by atoms with E-state index in [9.17, 15) is 10.1 Å². The minimum Gasteiger partial charge on any atom is -0.450 e. The number of benzene rings is 2. The Morgan fingerprint density at radius 2 is 1.95 bits per heavy atom. The first-order valence-electron chi connectivity index (χ1n) is 5.64. The minimum atomic E-state index is -0.572. The normalized spacial score (nSPS) is 10.2. The predicted molar refractivity (Wildman–Crippen MR) is 80.6 cm³/mol. The van der Waals surface area contributed by atoms with E-state index in [0.29, 0.717) is 10.6 Å². The van der Waals surface area contributed by atoms with E-state index in [0.717, 1.165) is 0 Å². The minimum absolute atomic E-state index is 0.000795. The molecular weight excluding hydrogens is 317 g/mol. The first-order chi connectivity index (χ1) is 9.88. The van der Waals surface area contributed by atoms with E-state index in [-0.39, 0.29) is 28.0 Å². The molecule has 0 heterocycles.